The molecule has 0 atom stereocenters. The molecule has 5 rings (SSSR count). The molecule has 37 heavy (non-hydrogen) atoms. The van der Waals surface area contributed by atoms with Crippen LogP contribution in [0.25, 0.3) is 10.9 Å². The lowest BCUT2D eigenvalue weighted by Crippen LogP contribution is -2.26. The van der Waals surface area contributed by atoms with Crippen LogP contribution >= 0.6 is 0 Å². The van der Waals surface area contributed by atoms with E-state index >= 15 is 0 Å². The van der Waals surface area contributed by atoms with Crippen LogP contribution < -0.4 is 5.56 Å². The maximum absolute atomic E-state index is 12.8. The molecule has 6 nitrogen and oxygen atoms in total. The van der Waals surface area contributed by atoms with Crippen molar-refractivity contribution in [1.82, 2.24) is 19.5 Å². The lowest BCUT2D eigenvalue weighted by atomic mass is 10.1. The van der Waals surface area contributed by atoms with Crippen LogP contribution in [-0.4, -0.2) is 25.3 Å². The minimum atomic E-state index is -0.300. The highest BCUT2D eigenvalue weighted by atomic mass is 16.1. The van der Waals surface area contributed by atoms with Crippen molar-refractivity contribution in [2.45, 2.75) is 25.8 Å². The van der Waals surface area contributed by atoms with Gasteiger partial charge in [-0.3, -0.25) is 14.6 Å². The zero-order chi connectivity index (χ0) is 25.5. The van der Waals surface area contributed by atoms with Crippen LogP contribution in [-0.2, 0) is 13.0 Å². The van der Waals surface area contributed by atoms with E-state index in [1.54, 1.807) is 30.7 Å². The summed E-state index contributed by atoms with van der Waals surface area (Å²) in [5.74, 6) is 6.73. The highest BCUT2D eigenvalue weighted by molar-refractivity contribution is 5.95. The molecule has 0 aliphatic carbocycles. The summed E-state index contributed by atoms with van der Waals surface area (Å²) in [5.41, 5.74) is 3.65. The van der Waals surface area contributed by atoms with Gasteiger partial charge >= 0.3 is 0 Å². The smallest absolute Gasteiger partial charge is 0.261 e. The van der Waals surface area contributed by atoms with E-state index in [2.05, 4.69) is 38.9 Å². The van der Waals surface area contributed by atoms with Gasteiger partial charge in [-0.15, -0.1) is 0 Å². The molecule has 0 radical (unpaired) electrons. The Morgan fingerprint density at radius 1 is 0.919 bits per heavy atom. The highest BCUT2D eigenvalue weighted by Crippen LogP contribution is 2.15. The van der Waals surface area contributed by atoms with E-state index in [1.807, 2.05) is 54.7 Å². The molecule has 0 aliphatic heterocycles. The SMILES string of the molecule is O=C(CCC#Cc1ccc2nc(Cc3ccccc3)ncc2c1)c1cccn(Cc2cccnc2)c1=O. The molecule has 0 unspecified atom stereocenters. The summed E-state index contributed by atoms with van der Waals surface area (Å²) in [6.45, 7) is 0.368. The van der Waals surface area contributed by atoms with E-state index in [4.69, 9.17) is 0 Å². The molecular formula is C31H24N4O2. The zero-order valence-corrected chi connectivity index (χ0v) is 20.2. The molecule has 0 fully saturated rings. The van der Waals surface area contributed by atoms with Gasteiger partial charge in [-0.05, 0) is 47.5 Å². The standard InChI is InChI=1S/C31H24N4O2/c36-29(27-12-7-17-35(31(27)37)22-25-11-6-16-32-20-25)13-5-4-10-24-14-15-28-26(18-24)21-33-30(34-28)19-23-8-2-1-3-9-23/h1-3,6-9,11-12,14-18,20-21H,5,13,19,22H2. The van der Waals surface area contributed by atoms with Crippen LogP contribution in [0, 0.1) is 11.8 Å². The largest absolute Gasteiger partial charge is 0.310 e. The van der Waals surface area contributed by atoms with Crippen molar-refractivity contribution in [1.29, 1.82) is 0 Å². The second kappa shape index (κ2) is 11.2. The van der Waals surface area contributed by atoms with Crippen molar-refractivity contribution in [3.05, 3.63) is 136 Å². The van der Waals surface area contributed by atoms with Crippen molar-refractivity contribution < 1.29 is 4.79 Å². The number of aromatic nitrogens is 4. The second-order valence-corrected chi connectivity index (χ2v) is 8.66. The Hall–Kier alpha value is -4.89. The zero-order valence-electron chi connectivity index (χ0n) is 20.2. The molecular weight excluding hydrogens is 460 g/mol. The third-order valence-electron chi connectivity index (χ3n) is 5.94. The van der Waals surface area contributed by atoms with Gasteiger partial charge in [-0.1, -0.05) is 48.2 Å². The average molecular weight is 485 g/mol. The Kier molecular flexibility index (Phi) is 7.24. The van der Waals surface area contributed by atoms with Crippen LogP contribution in [0.4, 0.5) is 0 Å². The Balaban J connectivity index is 1.22. The van der Waals surface area contributed by atoms with Gasteiger partial charge in [0.1, 0.15) is 5.82 Å². The number of pyridine rings is 2. The first-order valence-corrected chi connectivity index (χ1v) is 12.1. The summed E-state index contributed by atoms with van der Waals surface area (Å²) in [5, 5.41) is 0.915. The fraction of sp³-hybridized carbons (Fsp3) is 0.129. The number of benzene rings is 2. The molecule has 5 aromatic rings. The molecule has 0 amide bonds. The monoisotopic (exact) mass is 484 g/mol. The van der Waals surface area contributed by atoms with Gasteiger partial charge in [0.15, 0.2) is 5.78 Å². The average Bonchev–Trinajstić information content (AvgIpc) is 2.93. The maximum atomic E-state index is 12.8. The highest BCUT2D eigenvalue weighted by Gasteiger charge is 2.12. The molecule has 0 saturated heterocycles. The van der Waals surface area contributed by atoms with Crippen molar-refractivity contribution in [2.75, 3.05) is 0 Å². The molecule has 0 aliphatic rings. The van der Waals surface area contributed by atoms with E-state index in [1.165, 1.54) is 10.1 Å². The van der Waals surface area contributed by atoms with E-state index in [0.29, 0.717) is 19.4 Å². The quantitative estimate of drug-likeness (QED) is 0.244. The molecule has 3 heterocycles. The molecule has 0 N–H and O–H groups in total. The number of hydrogen-bond acceptors (Lipinski definition) is 5. The predicted molar refractivity (Wildman–Crippen MR) is 143 cm³/mol. The molecule has 0 saturated carbocycles. The number of hydrogen-bond donors (Lipinski definition) is 0. The molecule has 6 heteroatoms. The molecule has 2 aromatic carbocycles. The van der Waals surface area contributed by atoms with Crippen LogP contribution in [0.1, 0.15) is 45.7 Å². The van der Waals surface area contributed by atoms with Gasteiger partial charge in [0, 0.05) is 55.0 Å². The minimum Gasteiger partial charge on any atom is -0.310 e. The van der Waals surface area contributed by atoms with E-state index in [-0.39, 0.29) is 23.3 Å². The summed E-state index contributed by atoms with van der Waals surface area (Å²) in [6, 6.07) is 23.0. The lowest BCUT2D eigenvalue weighted by Gasteiger charge is -2.07. The van der Waals surface area contributed by atoms with E-state index in [0.717, 1.165) is 27.9 Å². The first-order valence-electron chi connectivity index (χ1n) is 12.1. The van der Waals surface area contributed by atoms with Crippen LogP contribution in [0.2, 0.25) is 0 Å². The lowest BCUT2D eigenvalue weighted by molar-refractivity contribution is 0.0982. The Morgan fingerprint density at radius 2 is 1.78 bits per heavy atom. The third-order valence-corrected chi connectivity index (χ3v) is 5.94. The Morgan fingerprint density at radius 3 is 2.62 bits per heavy atom. The number of ketones is 1. The van der Waals surface area contributed by atoms with Crippen molar-refractivity contribution in [3.8, 4) is 11.8 Å². The molecule has 0 spiro atoms. The first-order chi connectivity index (χ1) is 18.2. The number of carbonyl (C=O) groups is 1. The number of Topliss-reactive ketones (excluding diaryl/α,β-unsaturated/α-hetero) is 1. The first kappa shape index (κ1) is 23.8. The molecule has 180 valence electrons. The Bertz CT molecular complexity index is 1670. The van der Waals surface area contributed by atoms with Crippen molar-refractivity contribution in [3.63, 3.8) is 0 Å². The Labute approximate surface area is 214 Å². The topological polar surface area (TPSA) is 77.7 Å². The summed E-state index contributed by atoms with van der Waals surface area (Å²) in [4.78, 5) is 38.7. The third kappa shape index (κ3) is 6.03. The summed E-state index contributed by atoms with van der Waals surface area (Å²) in [7, 11) is 0. The molecule has 3 aromatic heterocycles. The number of carbonyl (C=O) groups excluding carboxylic acids is 1. The fourth-order valence-corrected chi connectivity index (χ4v) is 4.05. The van der Waals surface area contributed by atoms with Gasteiger partial charge in [-0.25, -0.2) is 9.97 Å². The van der Waals surface area contributed by atoms with Crippen molar-refractivity contribution >= 4 is 16.7 Å². The summed E-state index contributed by atoms with van der Waals surface area (Å²) < 4.78 is 1.53. The summed E-state index contributed by atoms with van der Waals surface area (Å²) >= 11 is 0. The van der Waals surface area contributed by atoms with Crippen molar-refractivity contribution in [2.24, 2.45) is 0 Å². The minimum absolute atomic E-state index is 0.179. The predicted octanol–water partition coefficient (Wildman–Crippen LogP) is 4.84. The number of rotatable bonds is 7. The number of nitrogens with zero attached hydrogens (tertiary/aromatic N) is 4. The van der Waals surface area contributed by atoms with Crippen LogP contribution in [0.3, 0.4) is 0 Å². The molecule has 0 bridgehead atoms. The van der Waals surface area contributed by atoms with Gasteiger partial charge < -0.3 is 4.57 Å². The normalized spacial score (nSPS) is 10.6. The summed E-state index contributed by atoms with van der Waals surface area (Å²) in [6.07, 6.45) is 8.11. The second-order valence-electron chi connectivity index (χ2n) is 8.66. The number of fused-ring (bicyclic) bond motifs is 1. The van der Waals surface area contributed by atoms with Gasteiger partial charge in [0.2, 0.25) is 0 Å². The maximum Gasteiger partial charge on any atom is 0.261 e. The van der Waals surface area contributed by atoms with Crippen LogP contribution in [0.5, 0.6) is 0 Å². The fourth-order valence-electron chi connectivity index (χ4n) is 4.05. The van der Waals surface area contributed by atoms with Gasteiger partial charge in [0.05, 0.1) is 17.6 Å². The van der Waals surface area contributed by atoms with E-state index in [9.17, 15) is 9.59 Å². The van der Waals surface area contributed by atoms with Gasteiger partial charge in [0.25, 0.3) is 5.56 Å². The van der Waals surface area contributed by atoms with Gasteiger partial charge in [-0.2, -0.15) is 0 Å². The van der Waals surface area contributed by atoms with E-state index < -0.39 is 0 Å². The van der Waals surface area contributed by atoms with Crippen LogP contribution in [0.15, 0.2) is 102 Å².